The number of nitrogens with two attached hydrogens (primary N) is 1. The summed E-state index contributed by atoms with van der Waals surface area (Å²) in [7, 11) is 0. The van der Waals surface area contributed by atoms with Crippen LogP contribution in [0.4, 0.5) is 11.4 Å². The molecule has 0 unspecified atom stereocenters. The highest BCUT2D eigenvalue weighted by molar-refractivity contribution is 5.97. The van der Waals surface area contributed by atoms with Crippen LogP contribution in [-0.4, -0.2) is 4.92 Å². The molecular weight excluding hydrogens is 220 g/mol. The highest BCUT2D eigenvalue weighted by Crippen LogP contribution is 2.28. The average molecular weight is 229 g/mol. The van der Waals surface area contributed by atoms with Gasteiger partial charge in [-0.05, 0) is 6.07 Å². The lowest BCUT2D eigenvalue weighted by molar-refractivity contribution is -0.683. The molecule has 84 valence electrons. The Morgan fingerprint density at radius 3 is 2.82 bits per heavy atom. The highest BCUT2D eigenvalue weighted by atomic mass is 16.6. The summed E-state index contributed by atoms with van der Waals surface area (Å²) in [5, 5.41) is 20.5. The molecule has 0 bridgehead atoms. The van der Waals surface area contributed by atoms with E-state index in [0.717, 1.165) is 0 Å². The van der Waals surface area contributed by atoms with Gasteiger partial charge in [0.05, 0.1) is 4.92 Å². The Morgan fingerprint density at radius 2 is 2.18 bits per heavy atom. The molecule has 0 aliphatic heterocycles. The summed E-state index contributed by atoms with van der Waals surface area (Å²) in [4.78, 5) is 10.4. The molecule has 0 radical (unpaired) electrons. The maximum atomic E-state index is 10.9. The zero-order valence-corrected chi connectivity index (χ0v) is 8.83. The number of pyridine rings is 1. The average Bonchev–Trinajstić information content (AvgIpc) is 2.29. The van der Waals surface area contributed by atoms with Gasteiger partial charge in [-0.3, -0.25) is 10.1 Å². The van der Waals surface area contributed by atoms with Crippen LogP contribution >= 0.6 is 0 Å². The molecule has 2 aromatic rings. The van der Waals surface area contributed by atoms with Crippen LogP contribution in [0.15, 0.2) is 30.6 Å². The molecule has 2 rings (SSSR count). The fourth-order valence-corrected chi connectivity index (χ4v) is 1.68. The molecule has 0 fully saturated rings. The van der Waals surface area contributed by atoms with Crippen LogP contribution in [0.2, 0.25) is 0 Å². The quantitative estimate of drug-likeness (QED) is 0.361. The minimum Gasteiger partial charge on any atom is -0.398 e. The van der Waals surface area contributed by atoms with Crippen LogP contribution in [0, 0.1) is 21.4 Å². The van der Waals surface area contributed by atoms with E-state index in [9.17, 15) is 10.1 Å². The van der Waals surface area contributed by atoms with Crippen molar-refractivity contribution in [3.05, 3.63) is 40.7 Å². The van der Waals surface area contributed by atoms with Gasteiger partial charge in [0.15, 0.2) is 12.4 Å². The van der Waals surface area contributed by atoms with Gasteiger partial charge >= 0.3 is 0 Å². The van der Waals surface area contributed by atoms with Crippen LogP contribution in [-0.2, 0) is 6.54 Å². The lowest BCUT2D eigenvalue weighted by Crippen LogP contribution is -2.31. The molecule has 0 saturated heterocycles. The Morgan fingerprint density at radius 1 is 1.41 bits per heavy atom. The summed E-state index contributed by atoms with van der Waals surface area (Å²) in [6.45, 7) is 0.141. The number of non-ortho nitro benzene ring substituents is 1. The SMILES string of the molecule is N#CC[n+]1ccc2c(N)ccc([N+](=O)[O-])c2c1. The number of nitro benzene ring substituents is 1. The summed E-state index contributed by atoms with van der Waals surface area (Å²) in [5.74, 6) is 0. The number of rotatable bonds is 2. The fraction of sp³-hybridized carbons (Fsp3) is 0.0909. The Balaban J connectivity index is 2.76. The highest BCUT2D eigenvalue weighted by Gasteiger charge is 2.16. The van der Waals surface area contributed by atoms with E-state index < -0.39 is 4.92 Å². The van der Waals surface area contributed by atoms with Crippen molar-refractivity contribution in [1.29, 1.82) is 5.26 Å². The molecule has 6 heteroatoms. The second-order valence-corrected chi connectivity index (χ2v) is 3.53. The van der Waals surface area contributed by atoms with Gasteiger partial charge in [0.1, 0.15) is 11.5 Å². The summed E-state index contributed by atoms with van der Waals surface area (Å²) >= 11 is 0. The maximum absolute atomic E-state index is 10.9. The van der Waals surface area contributed by atoms with Crippen molar-refractivity contribution < 1.29 is 9.49 Å². The monoisotopic (exact) mass is 229 g/mol. The van der Waals surface area contributed by atoms with Crippen LogP contribution in [0.3, 0.4) is 0 Å². The summed E-state index contributed by atoms with van der Waals surface area (Å²) in [5.41, 5.74) is 6.22. The van der Waals surface area contributed by atoms with Crippen molar-refractivity contribution in [1.82, 2.24) is 0 Å². The smallest absolute Gasteiger partial charge is 0.283 e. The van der Waals surface area contributed by atoms with E-state index in [2.05, 4.69) is 0 Å². The number of benzene rings is 1. The van der Waals surface area contributed by atoms with Crippen LogP contribution in [0.1, 0.15) is 0 Å². The van der Waals surface area contributed by atoms with E-state index in [1.807, 2.05) is 6.07 Å². The van der Waals surface area contributed by atoms with Gasteiger partial charge in [-0.1, -0.05) is 0 Å². The number of aromatic nitrogens is 1. The molecule has 1 aromatic carbocycles. The Bertz CT molecular complexity index is 646. The van der Waals surface area contributed by atoms with Gasteiger partial charge in [0.2, 0.25) is 6.54 Å². The predicted molar refractivity (Wildman–Crippen MR) is 60.8 cm³/mol. The third-order valence-electron chi connectivity index (χ3n) is 2.48. The van der Waals surface area contributed by atoms with Crippen molar-refractivity contribution in [2.45, 2.75) is 6.54 Å². The largest absolute Gasteiger partial charge is 0.398 e. The lowest BCUT2D eigenvalue weighted by atomic mass is 10.1. The molecule has 0 amide bonds. The number of hydrogen-bond donors (Lipinski definition) is 1. The molecule has 0 aliphatic rings. The molecule has 2 N–H and O–H groups in total. The number of anilines is 1. The molecule has 0 saturated carbocycles. The van der Waals surface area contributed by atoms with Crippen molar-refractivity contribution in [3.63, 3.8) is 0 Å². The molecule has 0 spiro atoms. The van der Waals surface area contributed by atoms with E-state index in [1.54, 1.807) is 23.0 Å². The lowest BCUT2D eigenvalue weighted by Gasteiger charge is -2.01. The van der Waals surface area contributed by atoms with Gasteiger partial charge in [-0.25, -0.2) is 0 Å². The minimum absolute atomic E-state index is 0.0125. The molecule has 1 heterocycles. The van der Waals surface area contributed by atoms with Gasteiger partial charge in [-0.15, -0.1) is 0 Å². The summed E-state index contributed by atoms with van der Waals surface area (Å²) in [6.07, 6.45) is 3.23. The summed E-state index contributed by atoms with van der Waals surface area (Å²) < 4.78 is 1.58. The van der Waals surface area contributed by atoms with Crippen molar-refractivity contribution >= 4 is 22.1 Å². The molecule has 1 aromatic heterocycles. The fourth-order valence-electron chi connectivity index (χ4n) is 1.68. The van der Waals surface area contributed by atoms with Crippen LogP contribution in [0.25, 0.3) is 10.8 Å². The third-order valence-corrected chi connectivity index (χ3v) is 2.48. The normalized spacial score (nSPS) is 10.1. The van der Waals surface area contributed by atoms with Crippen molar-refractivity contribution in [2.75, 3.05) is 5.73 Å². The molecule has 0 atom stereocenters. The number of nitriles is 1. The Hall–Kier alpha value is -2.68. The first-order chi connectivity index (χ1) is 8.13. The van der Waals surface area contributed by atoms with Crippen LogP contribution in [0.5, 0.6) is 0 Å². The van der Waals surface area contributed by atoms with E-state index in [-0.39, 0.29) is 12.2 Å². The van der Waals surface area contributed by atoms with E-state index in [0.29, 0.717) is 16.5 Å². The second-order valence-electron chi connectivity index (χ2n) is 3.53. The van der Waals surface area contributed by atoms with E-state index in [1.165, 1.54) is 12.1 Å². The third kappa shape index (κ3) is 1.86. The van der Waals surface area contributed by atoms with E-state index in [4.69, 9.17) is 11.0 Å². The molecule has 6 nitrogen and oxygen atoms in total. The molecular formula is C11H9N4O2+. The standard InChI is InChI=1S/C11H9N4O2/c12-4-6-14-5-3-8-9(7-14)11(15(16)17)2-1-10(8)13/h1-3,5,7H,6,13H2/q+1. The van der Waals surface area contributed by atoms with Gasteiger partial charge in [0, 0.05) is 23.2 Å². The first-order valence-electron chi connectivity index (χ1n) is 4.86. The second kappa shape index (κ2) is 4.06. The zero-order chi connectivity index (χ0) is 12.4. The number of fused-ring (bicyclic) bond motifs is 1. The van der Waals surface area contributed by atoms with Gasteiger partial charge in [0.25, 0.3) is 5.69 Å². The van der Waals surface area contributed by atoms with Gasteiger partial charge < -0.3 is 5.73 Å². The number of nitrogens with zero attached hydrogens (tertiary/aromatic N) is 3. The van der Waals surface area contributed by atoms with Crippen LogP contribution < -0.4 is 10.3 Å². The van der Waals surface area contributed by atoms with E-state index >= 15 is 0 Å². The first-order valence-corrected chi connectivity index (χ1v) is 4.86. The van der Waals surface area contributed by atoms with Crippen molar-refractivity contribution in [3.8, 4) is 6.07 Å². The minimum atomic E-state index is -0.460. The topological polar surface area (TPSA) is 96.8 Å². The number of nitro groups is 1. The summed E-state index contributed by atoms with van der Waals surface area (Å²) in [6, 6.07) is 6.53. The number of hydrogen-bond acceptors (Lipinski definition) is 4. The predicted octanol–water partition coefficient (Wildman–Crippen LogP) is 1.14. The molecule has 0 aliphatic carbocycles. The van der Waals surface area contributed by atoms with Gasteiger partial charge in [-0.2, -0.15) is 9.83 Å². The Kier molecular flexibility index (Phi) is 2.58. The molecule has 17 heavy (non-hydrogen) atoms. The zero-order valence-electron chi connectivity index (χ0n) is 8.83. The Labute approximate surface area is 96.7 Å². The number of nitrogen functional groups attached to an aromatic ring is 1. The first kappa shape index (κ1) is 10.8. The van der Waals surface area contributed by atoms with Crippen molar-refractivity contribution in [2.24, 2.45) is 0 Å². The maximum Gasteiger partial charge on any atom is 0.283 e.